The van der Waals surface area contributed by atoms with E-state index in [1.165, 1.54) is 10.4 Å². The average Bonchev–Trinajstić information content (AvgIpc) is 3.01. The van der Waals surface area contributed by atoms with Crippen LogP contribution in [0.25, 0.3) is 0 Å². The lowest BCUT2D eigenvalue weighted by Crippen LogP contribution is -2.33. The molecule has 130 valence electrons. The van der Waals surface area contributed by atoms with Gasteiger partial charge in [-0.05, 0) is 36.8 Å². The second-order valence-electron chi connectivity index (χ2n) is 5.81. The van der Waals surface area contributed by atoms with Crippen LogP contribution in [-0.2, 0) is 14.8 Å². The summed E-state index contributed by atoms with van der Waals surface area (Å²) in [6.45, 7) is 1.90. The minimum Gasteiger partial charge on any atom is -0.478 e. The molecule has 2 aromatic rings. The molecule has 1 unspecified atom stereocenters. The molecule has 1 heterocycles. The van der Waals surface area contributed by atoms with Crippen molar-refractivity contribution in [2.24, 2.45) is 0 Å². The first-order valence-corrected chi connectivity index (χ1v) is 9.81. The lowest BCUT2D eigenvalue weighted by atomic mass is 10.0. The number of carbonyl (C=O) groups is 1. The molecule has 5 nitrogen and oxygen atoms in total. The number of hydrogen-bond acceptors (Lipinski definition) is 3. The van der Waals surface area contributed by atoms with Crippen LogP contribution in [0.2, 0.25) is 0 Å². The molecule has 3 rings (SSSR count). The summed E-state index contributed by atoms with van der Waals surface area (Å²) in [5.74, 6) is -1.12. The van der Waals surface area contributed by atoms with Crippen molar-refractivity contribution in [2.75, 3.05) is 6.54 Å². The van der Waals surface area contributed by atoms with Crippen LogP contribution in [0.4, 0.5) is 0 Å². The minimum absolute atomic E-state index is 0.0228. The first kappa shape index (κ1) is 17.8. The van der Waals surface area contributed by atoms with E-state index in [-0.39, 0.29) is 17.0 Å². The van der Waals surface area contributed by atoms with Crippen molar-refractivity contribution in [3.63, 3.8) is 0 Å². The van der Waals surface area contributed by atoms with Crippen LogP contribution in [0.1, 0.15) is 17.2 Å². The maximum atomic E-state index is 13.1. The number of aliphatic carboxylic acids is 1. The van der Waals surface area contributed by atoms with Gasteiger partial charge in [0.05, 0.1) is 16.5 Å². The zero-order valence-corrected chi connectivity index (χ0v) is 15.8. The molecule has 0 bridgehead atoms. The fourth-order valence-electron chi connectivity index (χ4n) is 2.87. The Morgan fingerprint density at radius 3 is 2.48 bits per heavy atom. The van der Waals surface area contributed by atoms with Crippen LogP contribution in [0.3, 0.4) is 0 Å². The third-order valence-electron chi connectivity index (χ3n) is 4.11. The number of sulfonamides is 1. The molecule has 0 saturated heterocycles. The first-order chi connectivity index (χ1) is 11.8. The van der Waals surface area contributed by atoms with Crippen molar-refractivity contribution >= 4 is 31.9 Å². The Bertz CT molecular complexity index is 951. The maximum absolute atomic E-state index is 13.1. The van der Waals surface area contributed by atoms with Crippen LogP contribution in [0.5, 0.6) is 0 Å². The van der Waals surface area contributed by atoms with Crippen molar-refractivity contribution < 1.29 is 18.3 Å². The van der Waals surface area contributed by atoms with Gasteiger partial charge in [-0.1, -0.05) is 51.8 Å². The second kappa shape index (κ2) is 6.74. The molecule has 0 amide bonds. The van der Waals surface area contributed by atoms with E-state index in [1.54, 1.807) is 48.5 Å². The van der Waals surface area contributed by atoms with Gasteiger partial charge in [-0.3, -0.25) is 0 Å². The summed E-state index contributed by atoms with van der Waals surface area (Å²) in [4.78, 5) is 11.8. The molecule has 1 atom stereocenters. The predicted molar refractivity (Wildman–Crippen MR) is 97.7 cm³/mol. The number of aryl methyl sites for hydroxylation is 1. The van der Waals surface area contributed by atoms with Gasteiger partial charge in [0.2, 0.25) is 10.0 Å². The molecule has 0 aliphatic carbocycles. The summed E-state index contributed by atoms with van der Waals surface area (Å²) in [5, 5.41) is 9.50. The Labute approximate surface area is 154 Å². The van der Waals surface area contributed by atoms with Crippen LogP contribution in [-0.4, -0.2) is 30.3 Å². The van der Waals surface area contributed by atoms with Crippen molar-refractivity contribution in [1.29, 1.82) is 0 Å². The zero-order chi connectivity index (χ0) is 18.2. The van der Waals surface area contributed by atoms with Gasteiger partial charge >= 0.3 is 5.97 Å². The average molecular weight is 422 g/mol. The highest BCUT2D eigenvalue weighted by atomic mass is 79.9. The molecule has 0 fully saturated rings. The van der Waals surface area contributed by atoms with Crippen LogP contribution in [0, 0.1) is 6.92 Å². The van der Waals surface area contributed by atoms with Gasteiger partial charge in [0, 0.05) is 11.0 Å². The normalized spacial score (nSPS) is 18.2. The SMILES string of the molecule is Cc1ccc(S(=O)(=O)N2CC=C(C(=O)O)C2c2cccc(Br)c2)cc1. The molecule has 2 aromatic carbocycles. The quantitative estimate of drug-likeness (QED) is 0.819. The number of rotatable bonds is 4. The minimum atomic E-state index is -3.83. The molecule has 0 saturated carbocycles. The Kier molecular flexibility index (Phi) is 4.81. The molecule has 1 aliphatic heterocycles. The number of benzene rings is 2. The highest BCUT2D eigenvalue weighted by Crippen LogP contribution is 2.38. The van der Waals surface area contributed by atoms with Crippen molar-refractivity contribution in [3.05, 3.63) is 75.8 Å². The van der Waals surface area contributed by atoms with Crippen molar-refractivity contribution in [1.82, 2.24) is 4.31 Å². The van der Waals surface area contributed by atoms with Crippen LogP contribution in [0.15, 0.2) is 69.5 Å². The largest absolute Gasteiger partial charge is 0.478 e. The highest BCUT2D eigenvalue weighted by molar-refractivity contribution is 9.10. The molecular weight excluding hydrogens is 406 g/mol. The summed E-state index contributed by atoms with van der Waals surface area (Å²) >= 11 is 3.35. The monoisotopic (exact) mass is 421 g/mol. The number of nitrogens with zero attached hydrogens (tertiary/aromatic N) is 1. The zero-order valence-electron chi connectivity index (χ0n) is 13.4. The van der Waals surface area contributed by atoms with Gasteiger partial charge in [-0.2, -0.15) is 4.31 Å². The Balaban J connectivity index is 2.08. The molecule has 1 aliphatic rings. The van der Waals surface area contributed by atoms with Crippen molar-refractivity contribution in [3.8, 4) is 0 Å². The van der Waals surface area contributed by atoms with Crippen LogP contribution >= 0.6 is 15.9 Å². The topological polar surface area (TPSA) is 74.7 Å². The van der Waals surface area contributed by atoms with E-state index in [4.69, 9.17) is 0 Å². The van der Waals surface area contributed by atoms with E-state index in [9.17, 15) is 18.3 Å². The van der Waals surface area contributed by atoms with E-state index in [2.05, 4.69) is 15.9 Å². The Hall–Kier alpha value is -1.96. The molecule has 1 N–H and O–H groups in total. The maximum Gasteiger partial charge on any atom is 0.333 e. The van der Waals surface area contributed by atoms with E-state index < -0.39 is 22.0 Å². The molecule has 0 radical (unpaired) electrons. The van der Waals surface area contributed by atoms with E-state index >= 15 is 0 Å². The second-order valence-corrected chi connectivity index (χ2v) is 8.62. The third-order valence-corrected chi connectivity index (χ3v) is 6.45. The van der Waals surface area contributed by atoms with Crippen LogP contribution < -0.4 is 0 Å². The summed E-state index contributed by atoms with van der Waals surface area (Å²) < 4.78 is 28.1. The summed E-state index contributed by atoms with van der Waals surface area (Å²) in [6, 6.07) is 12.7. The fraction of sp³-hybridized carbons (Fsp3) is 0.167. The van der Waals surface area contributed by atoms with Gasteiger partial charge < -0.3 is 5.11 Å². The Morgan fingerprint density at radius 1 is 1.20 bits per heavy atom. The summed E-state index contributed by atoms with van der Waals surface area (Å²) in [7, 11) is -3.83. The smallest absolute Gasteiger partial charge is 0.333 e. The fourth-order valence-corrected chi connectivity index (χ4v) is 4.82. The van der Waals surface area contributed by atoms with Gasteiger partial charge in [-0.25, -0.2) is 13.2 Å². The molecular formula is C18H16BrNO4S. The van der Waals surface area contributed by atoms with Gasteiger partial charge in [0.1, 0.15) is 0 Å². The highest BCUT2D eigenvalue weighted by Gasteiger charge is 2.40. The van der Waals surface area contributed by atoms with Crippen molar-refractivity contribution in [2.45, 2.75) is 17.9 Å². The number of hydrogen-bond donors (Lipinski definition) is 1. The first-order valence-electron chi connectivity index (χ1n) is 7.58. The molecule has 0 aromatic heterocycles. The van der Waals surface area contributed by atoms with E-state index in [1.807, 2.05) is 6.92 Å². The number of carboxylic acid groups (broad SMARTS) is 1. The van der Waals surface area contributed by atoms with Gasteiger partial charge in [0.25, 0.3) is 0 Å². The third kappa shape index (κ3) is 3.40. The Morgan fingerprint density at radius 2 is 1.88 bits per heavy atom. The lowest BCUT2D eigenvalue weighted by molar-refractivity contribution is -0.133. The summed E-state index contributed by atoms with van der Waals surface area (Å²) in [6.07, 6.45) is 1.46. The predicted octanol–water partition coefficient (Wildman–Crippen LogP) is 3.51. The number of carboxylic acids is 1. The molecule has 25 heavy (non-hydrogen) atoms. The lowest BCUT2D eigenvalue weighted by Gasteiger charge is -2.26. The van der Waals surface area contributed by atoms with Gasteiger partial charge in [-0.15, -0.1) is 0 Å². The van der Waals surface area contributed by atoms with E-state index in [0.717, 1.165) is 10.0 Å². The summed E-state index contributed by atoms with van der Waals surface area (Å²) in [5.41, 5.74) is 1.62. The molecule has 0 spiro atoms. The molecule has 7 heteroatoms. The standard InChI is InChI=1S/C18H16BrNO4S/c1-12-5-7-15(8-6-12)25(23,24)20-10-9-16(18(21)22)17(20)13-3-2-4-14(19)11-13/h2-9,11,17H,10H2,1H3,(H,21,22). The number of halogens is 1. The van der Waals surface area contributed by atoms with E-state index in [0.29, 0.717) is 5.56 Å². The van der Waals surface area contributed by atoms with Gasteiger partial charge in [0.15, 0.2) is 0 Å².